The van der Waals surface area contributed by atoms with Crippen LogP contribution in [0, 0.1) is 5.92 Å². The molecule has 0 saturated carbocycles. The van der Waals surface area contributed by atoms with Gasteiger partial charge in [-0.3, -0.25) is 4.79 Å². The normalized spacial score (nSPS) is 12.2. The van der Waals surface area contributed by atoms with Gasteiger partial charge in [0, 0.05) is 24.1 Å². The summed E-state index contributed by atoms with van der Waals surface area (Å²) in [7, 11) is 0. The van der Waals surface area contributed by atoms with Gasteiger partial charge >= 0.3 is 0 Å². The van der Waals surface area contributed by atoms with Crippen LogP contribution in [0.5, 0.6) is 28.7 Å². The lowest BCUT2D eigenvalue weighted by Gasteiger charge is -2.16. The maximum Gasteiger partial charge on any atom is 0.238 e. The second-order valence-corrected chi connectivity index (χ2v) is 9.89. The van der Waals surface area contributed by atoms with Crippen molar-refractivity contribution in [3.8, 4) is 40.1 Å². The first-order valence-corrected chi connectivity index (χ1v) is 12.5. The van der Waals surface area contributed by atoms with Crippen LogP contribution >= 0.6 is 0 Å². The number of phenols is 3. The van der Waals surface area contributed by atoms with E-state index in [1.807, 2.05) is 19.9 Å². The fourth-order valence-corrected chi connectivity index (χ4v) is 4.38. The van der Waals surface area contributed by atoms with Gasteiger partial charge in [-0.2, -0.15) is 0 Å². The standard InChI is InChI=1S/C30H32O8/c1-4-21(31)15-37-24-13-23(33)14-25-26(24)28(35)29(36)30(38-25)20-11-18(8-16(2)3)27(34)19(12-20)9-17-6-5-7-22(32)10-17/h5-7,10-14,16,21,31-34,36H,4,8-9,15H2,1-3H3. The van der Waals surface area contributed by atoms with E-state index in [1.165, 1.54) is 12.1 Å². The molecule has 5 N–H and O–H groups in total. The second-order valence-electron chi connectivity index (χ2n) is 9.89. The Morgan fingerprint density at radius 1 is 0.921 bits per heavy atom. The predicted octanol–water partition coefficient (Wildman–Crippen LogP) is 5.22. The summed E-state index contributed by atoms with van der Waals surface area (Å²) in [6.07, 6.45) is 0.486. The molecule has 0 spiro atoms. The number of aromatic hydroxyl groups is 4. The van der Waals surface area contributed by atoms with Crippen LogP contribution in [0.4, 0.5) is 0 Å². The van der Waals surface area contributed by atoms with E-state index in [-0.39, 0.29) is 58.7 Å². The Labute approximate surface area is 220 Å². The van der Waals surface area contributed by atoms with Crippen molar-refractivity contribution in [2.75, 3.05) is 6.61 Å². The molecule has 4 rings (SSSR count). The zero-order valence-electron chi connectivity index (χ0n) is 21.6. The minimum Gasteiger partial charge on any atom is -0.508 e. The molecule has 0 radical (unpaired) electrons. The van der Waals surface area contributed by atoms with Gasteiger partial charge in [0.05, 0.1) is 6.10 Å². The molecule has 0 amide bonds. The van der Waals surface area contributed by atoms with E-state index in [9.17, 15) is 30.3 Å². The van der Waals surface area contributed by atoms with Crippen LogP contribution in [0.1, 0.15) is 43.9 Å². The number of aliphatic hydroxyl groups is 1. The second kappa shape index (κ2) is 11.1. The molecule has 1 heterocycles. The topological polar surface area (TPSA) is 141 Å². The average Bonchev–Trinajstić information content (AvgIpc) is 2.86. The molecule has 0 bridgehead atoms. The molecule has 0 aliphatic rings. The van der Waals surface area contributed by atoms with Gasteiger partial charge in [-0.05, 0) is 59.7 Å². The highest BCUT2D eigenvalue weighted by molar-refractivity contribution is 5.88. The molecular weight excluding hydrogens is 488 g/mol. The van der Waals surface area contributed by atoms with Crippen molar-refractivity contribution in [2.24, 2.45) is 5.92 Å². The van der Waals surface area contributed by atoms with Gasteiger partial charge in [0.25, 0.3) is 0 Å². The van der Waals surface area contributed by atoms with Crippen LogP contribution in [0.25, 0.3) is 22.3 Å². The number of hydrogen-bond donors (Lipinski definition) is 5. The van der Waals surface area contributed by atoms with Crippen LogP contribution in [0.15, 0.2) is 57.7 Å². The van der Waals surface area contributed by atoms with Crippen LogP contribution in [0.3, 0.4) is 0 Å². The molecule has 8 nitrogen and oxygen atoms in total. The van der Waals surface area contributed by atoms with E-state index in [2.05, 4.69) is 0 Å². The number of phenolic OH excluding ortho intramolecular Hbond substituents is 3. The third-order valence-corrected chi connectivity index (χ3v) is 6.29. The van der Waals surface area contributed by atoms with Crippen molar-refractivity contribution in [1.29, 1.82) is 0 Å². The summed E-state index contributed by atoms with van der Waals surface area (Å²) in [5.74, 6) is -0.590. The van der Waals surface area contributed by atoms with Gasteiger partial charge in [0.15, 0.2) is 5.76 Å². The Morgan fingerprint density at radius 3 is 2.34 bits per heavy atom. The van der Waals surface area contributed by atoms with Crippen LogP contribution in [0.2, 0.25) is 0 Å². The molecule has 1 atom stereocenters. The molecule has 0 fully saturated rings. The van der Waals surface area contributed by atoms with E-state index >= 15 is 0 Å². The predicted molar refractivity (Wildman–Crippen MR) is 144 cm³/mol. The Balaban J connectivity index is 1.88. The van der Waals surface area contributed by atoms with Crippen molar-refractivity contribution >= 4 is 11.0 Å². The molecule has 38 heavy (non-hydrogen) atoms. The SMILES string of the molecule is CCC(O)COc1cc(O)cc2oc(-c3cc(Cc4cccc(O)c4)c(O)c(CC(C)C)c3)c(O)c(=O)c12. The number of hydrogen-bond acceptors (Lipinski definition) is 8. The maximum atomic E-state index is 13.3. The zero-order valence-corrected chi connectivity index (χ0v) is 21.6. The molecule has 3 aromatic carbocycles. The molecule has 1 unspecified atom stereocenters. The summed E-state index contributed by atoms with van der Waals surface area (Å²) >= 11 is 0. The van der Waals surface area contributed by atoms with Crippen molar-refractivity contribution in [3.63, 3.8) is 0 Å². The van der Waals surface area contributed by atoms with Crippen molar-refractivity contribution in [1.82, 2.24) is 0 Å². The van der Waals surface area contributed by atoms with Gasteiger partial charge in [0.2, 0.25) is 11.2 Å². The molecule has 1 aromatic heterocycles. The molecule has 0 aliphatic carbocycles. The first kappa shape index (κ1) is 26.9. The highest BCUT2D eigenvalue weighted by atomic mass is 16.5. The summed E-state index contributed by atoms with van der Waals surface area (Å²) in [5.41, 5.74) is 1.52. The van der Waals surface area contributed by atoms with Crippen molar-refractivity contribution in [3.05, 3.63) is 75.4 Å². The van der Waals surface area contributed by atoms with Gasteiger partial charge in [-0.1, -0.05) is 32.9 Å². The summed E-state index contributed by atoms with van der Waals surface area (Å²) in [5, 5.41) is 51.9. The Bertz CT molecular complexity index is 1520. The fraction of sp³-hybridized carbons (Fsp3) is 0.300. The molecule has 4 aromatic rings. The Hall–Kier alpha value is -4.17. The first-order valence-electron chi connectivity index (χ1n) is 12.5. The number of aliphatic hydroxyl groups excluding tert-OH is 1. The fourth-order valence-electron chi connectivity index (χ4n) is 4.38. The third-order valence-electron chi connectivity index (χ3n) is 6.29. The lowest BCUT2D eigenvalue weighted by atomic mass is 9.93. The summed E-state index contributed by atoms with van der Waals surface area (Å²) in [6, 6.07) is 12.5. The third kappa shape index (κ3) is 5.70. The van der Waals surface area contributed by atoms with E-state index in [4.69, 9.17) is 9.15 Å². The number of rotatable bonds is 9. The maximum absolute atomic E-state index is 13.3. The lowest BCUT2D eigenvalue weighted by Crippen LogP contribution is -2.17. The highest BCUT2D eigenvalue weighted by Gasteiger charge is 2.22. The summed E-state index contributed by atoms with van der Waals surface area (Å²) < 4.78 is 11.5. The van der Waals surface area contributed by atoms with E-state index in [0.29, 0.717) is 29.5 Å². The van der Waals surface area contributed by atoms with E-state index < -0.39 is 17.3 Å². The Kier molecular flexibility index (Phi) is 7.83. The molecule has 200 valence electrons. The van der Waals surface area contributed by atoms with Gasteiger partial charge < -0.3 is 34.7 Å². The van der Waals surface area contributed by atoms with Crippen molar-refractivity contribution in [2.45, 2.75) is 46.1 Å². The van der Waals surface area contributed by atoms with Gasteiger partial charge in [-0.25, -0.2) is 0 Å². The minimum absolute atomic E-state index is 0.00296. The molecule has 0 aliphatic heterocycles. The lowest BCUT2D eigenvalue weighted by molar-refractivity contribution is 0.105. The monoisotopic (exact) mass is 520 g/mol. The van der Waals surface area contributed by atoms with Gasteiger partial charge in [-0.15, -0.1) is 0 Å². The van der Waals surface area contributed by atoms with Gasteiger partial charge in [0.1, 0.15) is 40.6 Å². The van der Waals surface area contributed by atoms with Crippen LogP contribution in [-0.4, -0.2) is 38.2 Å². The Morgan fingerprint density at radius 2 is 1.66 bits per heavy atom. The van der Waals surface area contributed by atoms with Crippen molar-refractivity contribution < 1.29 is 34.7 Å². The van der Waals surface area contributed by atoms with E-state index in [1.54, 1.807) is 37.3 Å². The number of benzene rings is 3. The molecule has 8 heteroatoms. The molecular formula is C30H32O8. The summed E-state index contributed by atoms with van der Waals surface area (Å²) in [4.78, 5) is 13.3. The average molecular weight is 521 g/mol. The quantitative estimate of drug-likeness (QED) is 0.202. The molecule has 0 saturated heterocycles. The van der Waals surface area contributed by atoms with Crippen LogP contribution < -0.4 is 10.2 Å². The number of ether oxygens (including phenoxy) is 1. The van der Waals surface area contributed by atoms with Crippen LogP contribution in [-0.2, 0) is 12.8 Å². The highest BCUT2D eigenvalue weighted by Crippen LogP contribution is 2.39. The smallest absolute Gasteiger partial charge is 0.238 e. The van der Waals surface area contributed by atoms with E-state index in [0.717, 1.165) is 5.56 Å². The largest absolute Gasteiger partial charge is 0.508 e. The summed E-state index contributed by atoms with van der Waals surface area (Å²) in [6.45, 7) is 5.69. The minimum atomic E-state index is -0.770. The number of fused-ring (bicyclic) bond motifs is 1. The first-order chi connectivity index (χ1) is 18.1. The zero-order chi connectivity index (χ0) is 27.6.